The van der Waals surface area contributed by atoms with Gasteiger partial charge in [-0.15, -0.1) is 11.3 Å². The van der Waals surface area contributed by atoms with Crippen molar-refractivity contribution in [3.05, 3.63) is 21.9 Å². The topological polar surface area (TPSA) is 50.8 Å². The quantitative estimate of drug-likeness (QED) is 0.892. The SMILES string of the molecule is Cc1ccc(C(=O)NCC(C2CCOC2)N2CCOCC2)s1. The maximum Gasteiger partial charge on any atom is 0.261 e. The van der Waals surface area contributed by atoms with Crippen LogP contribution in [0.5, 0.6) is 0 Å². The molecule has 22 heavy (non-hydrogen) atoms. The van der Waals surface area contributed by atoms with Gasteiger partial charge in [0, 0.05) is 43.1 Å². The Labute approximate surface area is 135 Å². The average Bonchev–Trinajstić information content (AvgIpc) is 3.20. The number of carbonyl (C=O) groups excluding carboxylic acids is 1. The molecule has 2 atom stereocenters. The molecule has 3 rings (SSSR count). The molecule has 122 valence electrons. The third kappa shape index (κ3) is 3.87. The first-order chi connectivity index (χ1) is 10.7. The van der Waals surface area contributed by atoms with Crippen LogP contribution in [0.4, 0.5) is 0 Å². The predicted octanol–water partition coefficient (Wildman–Crippen LogP) is 1.52. The van der Waals surface area contributed by atoms with Crippen molar-refractivity contribution in [1.82, 2.24) is 10.2 Å². The highest BCUT2D eigenvalue weighted by molar-refractivity contribution is 7.13. The van der Waals surface area contributed by atoms with E-state index in [1.54, 1.807) is 11.3 Å². The molecule has 5 nitrogen and oxygen atoms in total. The number of hydrogen-bond donors (Lipinski definition) is 1. The summed E-state index contributed by atoms with van der Waals surface area (Å²) in [6.07, 6.45) is 1.08. The van der Waals surface area contributed by atoms with Gasteiger partial charge in [-0.1, -0.05) is 0 Å². The van der Waals surface area contributed by atoms with Gasteiger partial charge in [-0.3, -0.25) is 9.69 Å². The molecular formula is C16H24N2O3S. The molecule has 3 heterocycles. The number of ether oxygens (including phenoxy) is 2. The van der Waals surface area contributed by atoms with Crippen molar-refractivity contribution in [1.29, 1.82) is 0 Å². The number of hydrogen-bond acceptors (Lipinski definition) is 5. The number of amides is 1. The van der Waals surface area contributed by atoms with Gasteiger partial charge in [0.05, 0.1) is 24.7 Å². The molecule has 1 aromatic rings. The fourth-order valence-electron chi connectivity index (χ4n) is 3.20. The second-order valence-corrected chi connectivity index (χ2v) is 7.25. The lowest BCUT2D eigenvalue weighted by Crippen LogP contribution is -2.52. The van der Waals surface area contributed by atoms with E-state index < -0.39 is 0 Å². The fourth-order valence-corrected chi connectivity index (χ4v) is 3.98. The van der Waals surface area contributed by atoms with E-state index in [-0.39, 0.29) is 5.91 Å². The molecular weight excluding hydrogens is 300 g/mol. The van der Waals surface area contributed by atoms with E-state index in [4.69, 9.17) is 9.47 Å². The summed E-state index contributed by atoms with van der Waals surface area (Å²) < 4.78 is 11.0. The molecule has 1 aromatic heterocycles. The Morgan fingerprint density at radius 1 is 1.36 bits per heavy atom. The van der Waals surface area contributed by atoms with Crippen LogP contribution < -0.4 is 5.32 Å². The van der Waals surface area contributed by atoms with Crippen LogP contribution in [0, 0.1) is 12.8 Å². The van der Waals surface area contributed by atoms with E-state index in [9.17, 15) is 4.79 Å². The predicted molar refractivity (Wildman–Crippen MR) is 86.5 cm³/mol. The lowest BCUT2D eigenvalue weighted by molar-refractivity contribution is 0.00167. The average molecular weight is 324 g/mol. The summed E-state index contributed by atoms with van der Waals surface area (Å²) >= 11 is 1.55. The van der Waals surface area contributed by atoms with Crippen molar-refractivity contribution in [3.8, 4) is 0 Å². The molecule has 0 aliphatic carbocycles. The summed E-state index contributed by atoms with van der Waals surface area (Å²) in [5.74, 6) is 0.541. The van der Waals surface area contributed by atoms with Gasteiger partial charge in [0.25, 0.3) is 5.91 Å². The zero-order chi connectivity index (χ0) is 15.4. The summed E-state index contributed by atoms with van der Waals surface area (Å²) in [6, 6.07) is 4.23. The van der Waals surface area contributed by atoms with Crippen molar-refractivity contribution < 1.29 is 14.3 Å². The van der Waals surface area contributed by atoms with Crippen molar-refractivity contribution in [2.24, 2.45) is 5.92 Å². The minimum absolute atomic E-state index is 0.0373. The Hall–Kier alpha value is -0.950. The monoisotopic (exact) mass is 324 g/mol. The molecule has 0 radical (unpaired) electrons. The Kier molecular flexibility index (Phi) is 5.46. The molecule has 6 heteroatoms. The van der Waals surface area contributed by atoms with E-state index in [2.05, 4.69) is 10.2 Å². The number of thiophene rings is 1. The Morgan fingerprint density at radius 3 is 2.82 bits per heavy atom. The van der Waals surface area contributed by atoms with E-state index >= 15 is 0 Å². The van der Waals surface area contributed by atoms with Crippen molar-refractivity contribution in [2.75, 3.05) is 46.1 Å². The highest BCUT2D eigenvalue weighted by Gasteiger charge is 2.31. The van der Waals surface area contributed by atoms with Crippen LogP contribution >= 0.6 is 11.3 Å². The summed E-state index contributed by atoms with van der Waals surface area (Å²) in [6.45, 7) is 7.78. The molecule has 2 aliphatic rings. The van der Waals surface area contributed by atoms with Crippen LogP contribution in [0.25, 0.3) is 0 Å². The number of carbonyl (C=O) groups is 1. The largest absolute Gasteiger partial charge is 0.381 e. The molecule has 2 aliphatic heterocycles. The van der Waals surface area contributed by atoms with E-state index in [1.165, 1.54) is 4.88 Å². The van der Waals surface area contributed by atoms with Crippen molar-refractivity contribution in [3.63, 3.8) is 0 Å². The molecule has 2 fully saturated rings. The maximum absolute atomic E-state index is 12.3. The van der Waals surface area contributed by atoms with Gasteiger partial charge in [0.15, 0.2) is 0 Å². The molecule has 0 aromatic carbocycles. The van der Waals surface area contributed by atoms with Gasteiger partial charge in [-0.05, 0) is 25.5 Å². The normalized spacial score (nSPS) is 24.3. The molecule has 2 unspecified atom stereocenters. The highest BCUT2D eigenvalue weighted by atomic mass is 32.1. The van der Waals surface area contributed by atoms with Crippen LogP contribution in [0.1, 0.15) is 21.0 Å². The highest BCUT2D eigenvalue weighted by Crippen LogP contribution is 2.22. The second-order valence-electron chi connectivity index (χ2n) is 5.96. The Morgan fingerprint density at radius 2 is 2.18 bits per heavy atom. The zero-order valence-corrected chi connectivity index (χ0v) is 13.9. The van der Waals surface area contributed by atoms with Gasteiger partial charge >= 0.3 is 0 Å². The van der Waals surface area contributed by atoms with Gasteiger partial charge in [0.1, 0.15) is 0 Å². The van der Waals surface area contributed by atoms with Crippen LogP contribution in [0.15, 0.2) is 12.1 Å². The molecule has 0 bridgehead atoms. The first-order valence-electron chi connectivity index (χ1n) is 7.98. The number of rotatable bonds is 5. The smallest absolute Gasteiger partial charge is 0.261 e. The van der Waals surface area contributed by atoms with Gasteiger partial charge < -0.3 is 14.8 Å². The van der Waals surface area contributed by atoms with Crippen LogP contribution in [0.3, 0.4) is 0 Å². The number of morpholine rings is 1. The van der Waals surface area contributed by atoms with E-state index in [1.807, 2.05) is 19.1 Å². The van der Waals surface area contributed by atoms with E-state index in [0.29, 0.717) is 18.5 Å². The van der Waals surface area contributed by atoms with Crippen LogP contribution in [-0.2, 0) is 9.47 Å². The van der Waals surface area contributed by atoms with Gasteiger partial charge in [-0.25, -0.2) is 0 Å². The number of nitrogens with one attached hydrogen (secondary N) is 1. The summed E-state index contributed by atoms with van der Waals surface area (Å²) in [5.41, 5.74) is 0. The van der Waals surface area contributed by atoms with Gasteiger partial charge in [-0.2, -0.15) is 0 Å². The first-order valence-corrected chi connectivity index (χ1v) is 8.80. The molecule has 1 amide bonds. The third-order valence-corrected chi connectivity index (χ3v) is 5.46. The number of aryl methyl sites for hydroxylation is 1. The zero-order valence-electron chi connectivity index (χ0n) is 13.0. The first kappa shape index (κ1) is 15.9. The van der Waals surface area contributed by atoms with Crippen molar-refractivity contribution in [2.45, 2.75) is 19.4 Å². The minimum atomic E-state index is 0.0373. The summed E-state index contributed by atoms with van der Waals surface area (Å²) in [5, 5.41) is 3.12. The van der Waals surface area contributed by atoms with Gasteiger partial charge in [0.2, 0.25) is 0 Å². The molecule has 1 N–H and O–H groups in total. The molecule has 0 spiro atoms. The molecule has 0 saturated carbocycles. The van der Waals surface area contributed by atoms with Crippen LogP contribution in [-0.4, -0.2) is 62.9 Å². The third-order valence-electron chi connectivity index (χ3n) is 4.46. The molecule has 2 saturated heterocycles. The fraction of sp³-hybridized carbons (Fsp3) is 0.688. The maximum atomic E-state index is 12.3. The summed E-state index contributed by atoms with van der Waals surface area (Å²) in [7, 11) is 0. The summed E-state index contributed by atoms with van der Waals surface area (Å²) in [4.78, 5) is 16.7. The number of nitrogens with zero attached hydrogens (tertiary/aromatic N) is 1. The second kappa shape index (κ2) is 7.55. The standard InChI is InChI=1S/C16H24N2O3S/c1-12-2-3-15(22-12)16(19)17-10-14(13-4-7-21-11-13)18-5-8-20-9-6-18/h2-3,13-14H,4-11H2,1H3,(H,17,19). The van der Waals surface area contributed by atoms with Crippen molar-refractivity contribution >= 4 is 17.2 Å². The minimum Gasteiger partial charge on any atom is -0.381 e. The van der Waals surface area contributed by atoms with Crippen LogP contribution in [0.2, 0.25) is 0 Å². The lowest BCUT2D eigenvalue weighted by atomic mass is 9.97. The Balaban J connectivity index is 1.60. The van der Waals surface area contributed by atoms with E-state index in [0.717, 1.165) is 50.8 Å². The Bertz CT molecular complexity index is 493. The lowest BCUT2D eigenvalue weighted by Gasteiger charge is -2.37.